The Morgan fingerprint density at radius 3 is 2.50 bits per heavy atom. The molecule has 2 aromatic carbocycles. The van der Waals surface area contributed by atoms with Gasteiger partial charge in [0.15, 0.2) is 18.6 Å². The topological polar surface area (TPSA) is 82.0 Å². The van der Waals surface area contributed by atoms with Crippen LogP contribution in [0.2, 0.25) is 5.15 Å². The van der Waals surface area contributed by atoms with E-state index in [1.54, 1.807) is 15.9 Å². The summed E-state index contributed by atoms with van der Waals surface area (Å²) in [6.07, 6.45) is 2.04. The van der Waals surface area contributed by atoms with Gasteiger partial charge in [0.05, 0.1) is 17.6 Å². The Kier molecular flexibility index (Phi) is 7.18. The zero-order chi connectivity index (χ0) is 24.3. The molecule has 0 spiro atoms. The van der Waals surface area contributed by atoms with Crippen molar-refractivity contribution in [1.82, 2.24) is 20.1 Å². The van der Waals surface area contributed by atoms with Crippen LogP contribution < -0.4 is 5.06 Å². The summed E-state index contributed by atoms with van der Waals surface area (Å²) >= 11 is 5.96. The van der Waals surface area contributed by atoms with Gasteiger partial charge in [-0.2, -0.15) is 0 Å². The number of hydrogen-bond acceptors (Lipinski definition) is 8. The van der Waals surface area contributed by atoms with Crippen LogP contribution in [0.1, 0.15) is 31.9 Å². The minimum atomic E-state index is -0.671. The molecule has 1 saturated heterocycles. The highest BCUT2D eigenvalue weighted by Gasteiger charge is 2.35. The van der Waals surface area contributed by atoms with E-state index in [9.17, 15) is 4.79 Å². The molecule has 1 aromatic heterocycles. The van der Waals surface area contributed by atoms with E-state index < -0.39 is 11.6 Å². The second-order valence-electron chi connectivity index (χ2n) is 9.03. The monoisotopic (exact) mass is 485 g/mol. The standard InChI is InChI=1S/C24H28ClN5O4/c1-17-10-11-19(28-14-22(25)26-27-28)20(12-17)29-15-33-30(16-32-29)21(23(31)34-24(2,3)4)13-18-8-6-5-7-9-18/h5-12,14,21H,13,15-16H2,1-4H3. The first-order valence-electron chi connectivity index (χ1n) is 11.0. The van der Waals surface area contributed by atoms with E-state index in [4.69, 9.17) is 26.0 Å². The van der Waals surface area contributed by atoms with Gasteiger partial charge in [0.1, 0.15) is 11.6 Å². The Bertz CT molecular complexity index is 1120. The molecule has 180 valence electrons. The lowest BCUT2D eigenvalue weighted by Gasteiger charge is -2.38. The molecule has 0 saturated carbocycles. The van der Waals surface area contributed by atoms with Gasteiger partial charge in [-0.3, -0.25) is 14.5 Å². The number of carbonyl (C=O) groups excluding carboxylic acids is 1. The predicted octanol–water partition coefficient (Wildman–Crippen LogP) is 4.08. The second-order valence-corrected chi connectivity index (χ2v) is 9.42. The molecule has 1 aliphatic rings. The van der Waals surface area contributed by atoms with Crippen molar-refractivity contribution >= 4 is 23.3 Å². The molecule has 0 N–H and O–H groups in total. The third-order valence-electron chi connectivity index (χ3n) is 5.09. The molecule has 3 aromatic rings. The lowest BCUT2D eigenvalue weighted by molar-refractivity contribution is -0.284. The van der Waals surface area contributed by atoms with Crippen molar-refractivity contribution in [2.45, 2.75) is 45.8 Å². The zero-order valence-electron chi connectivity index (χ0n) is 19.6. The van der Waals surface area contributed by atoms with Crippen molar-refractivity contribution in [3.8, 4) is 5.69 Å². The average Bonchev–Trinajstić information content (AvgIpc) is 3.23. The fourth-order valence-corrected chi connectivity index (χ4v) is 3.67. The molecule has 0 aliphatic carbocycles. The molecule has 1 atom stereocenters. The van der Waals surface area contributed by atoms with Gasteiger partial charge >= 0.3 is 5.97 Å². The first kappa shape index (κ1) is 24.2. The third-order valence-corrected chi connectivity index (χ3v) is 5.27. The van der Waals surface area contributed by atoms with E-state index in [2.05, 4.69) is 10.3 Å². The SMILES string of the molecule is Cc1ccc(-n2cc(Cl)nn2)c(N2CON(C(Cc3ccccc3)C(=O)OC(C)(C)C)CO2)c1. The molecule has 2 heterocycles. The van der Waals surface area contributed by atoms with E-state index >= 15 is 0 Å². The average molecular weight is 486 g/mol. The lowest BCUT2D eigenvalue weighted by Crippen LogP contribution is -2.52. The fraction of sp³-hybridized carbons (Fsp3) is 0.375. The van der Waals surface area contributed by atoms with Gasteiger partial charge in [-0.15, -0.1) is 10.2 Å². The molecule has 0 amide bonds. The Labute approximate surface area is 203 Å². The Morgan fingerprint density at radius 1 is 1.12 bits per heavy atom. The molecule has 4 rings (SSSR count). The maximum absolute atomic E-state index is 13.1. The van der Waals surface area contributed by atoms with Gasteiger partial charge in [-0.05, 0) is 51.0 Å². The Balaban J connectivity index is 1.53. The summed E-state index contributed by atoms with van der Waals surface area (Å²) in [7, 11) is 0. The number of rotatable bonds is 6. The number of carbonyl (C=O) groups is 1. The predicted molar refractivity (Wildman–Crippen MR) is 127 cm³/mol. The van der Waals surface area contributed by atoms with Gasteiger partial charge in [-0.1, -0.05) is 53.2 Å². The number of benzene rings is 2. The number of hydrogen-bond donors (Lipinski definition) is 0. The summed E-state index contributed by atoms with van der Waals surface area (Å²) in [5.41, 5.74) is 2.87. The normalized spacial score (nSPS) is 15.9. The van der Waals surface area contributed by atoms with Crippen molar-refractivity contribution in [1.29, 1.82) is 0 Å². The number of halogens is 1. The van der Waals surface area contributed by atoms with Crippen LogP contribution in [0.3, 0.4) is 0 Å². The minimum Gasteiger partial charge on any atom is -0.459 e. The van der Waals surface area contributed by atoms with E-state index in [-0.39, 0.29) is 24.6 Å². The lowest BCUT2D eigenvalue weighted by atomic mass is 10.1. The minimum absolute atomic E-state index is 0.0300. The van der Waals surface area contributed by atoms with Crippen LogP contribution in [-0.2, 0) is 25.6 Å². The molecule has 9 nitrogen and oxygen atoms in total. The van der Waals surface area contributed by atoms with Crippen LogP contribution in [0.25, 0.3) is 5.69 Å². The summed E-state index contributed by atoms with van der Waals surface area (Å²) in [5, 5.41) is 11.3. The fourth-order valence-electron chi connectivity index (χ4n) is 3.54. The summed E-state index contributed by atoms with van der Waals surface area (Å²) in [6, 6.07) is 14.9. The second kappa shape index (κ2) is 10.1. The van der Waals surface area contributed by atoms with Gasteiger partial charge < -0.3 is 4.74 Å². The van der Waals surface area contributed by atoms with Crippen molar-refractivity contribution in [3.05, 3.63) is 71.0 Å². The van der Waals surface area contributed by atoms with Crippen molar-refractivity contribution in [2.24, 2.45) is 0 Å². The molecule has 34 heavy (non-hydrogen) atoms. The van der Waals surface area contributed by atoms with Crippen LogP contribution in [0.5, 0.6) is 0 Å². The van der Waals surface area contributed by atoms with Crippen LogP contribution in [-0.4, -0.2) is 51.1 Å². The quantitative estimate of drug-likeness (QED) is 0.483. The number of aromatic nitrogens is 3. The summed E-state index contributed by atoms with van der Waals surface area (Å²) in [4.78, 5) is 25.1. The van der Waals surface area contributed by atoms with Gasteiger partial charge in [0, 0.05) is 6.42 Å². The highest BCUT2D eigenvalue weighted by atomic mass is 35.5. The number of esters is 1. The highest BCUT2D eigenvalue weighted by molar-refractivity contribution is 6.29. The molecule has 1 unspecified atom stereocenters. The Hall–Kier alpha value is -2.98. The third kappa shape index (κ3) is 5.92. The van der Waals surface area contributed by atoms with Gasteiger partial charge in [0.25, 0.3) is 0 Å². The number of hydroxylamine groups is 3. The molecular formula is C24H28ClN5O4. The van der Waals surface area contributed by atoms with Crippen LogP contribution in [0, 0.1) is 6.92 Å². The highest BCUT2D eigenvalue weighted by Crippen LogP contribution is 2.29. The summed E-state index contributed by atoms with van der Waals surface area (Å²) in [6.45, 7) is 7.60. The molecule has 1 aliphatic heterocycles. The van der Waals surface area contributed by atoms with E-state index in [1.807, 2.05) is 76.2 Å². The van der Waals surface area contributed by atoms with Crippen LogP contribution in [0.15, 0.2) is 54.7 Å². The maximum Gasteiger partial charge on any atom is 0.326 e. The van der Waals surface area contributed by atoms with Crippen molar-refractivity contribution in [3.63, 3.8) is 0 Å². The first-order valence-corrected chi connectivity index (χ1v) is 11.3. The van der Waals surface area contributed by atoms with Gasteiger partial charge in [-0.25, -0.2) is 9.75 Å². The zero-order valence-corrected chi connectivity index (χ0v) is 20.4. The van der Waals surface area contributed by atoms with E-state index in [1.165, 1.54) is 5.06 Å². The number of aryl methyl sites for hydroxylation is 1. The van der Waals surface area contributed by atoms with Crippen molar-refractivity contribution < 1.29 is 19.2 Å². The maximum atomic E-state index is 13.1. The summed E-state index contributed by atoms with van der Waals surface area (Å²) in [5.74, 6) is -0.373. The largest absolute Gasteiger partial charge is 0.459 e. The molecular weight excluding hydrogens is 458 g/mol. The van der Waals surface area contributed by atoms with Crippen molar-refractivity contribution in [2.75, 3.05) is 18.5 Å². The van der Waals surface area contributed by atoms with Crippen LogP contribution in [0.4, 0.5) is 5.69 Å². The molecule has 1 fully saturated rings. The smallest absolute Gasteiger partial charge is 0.326 e. The number of nitrogens with zero attached hydrogens (tertiary/aromatic N) is 5. The van der Waals surface area contributed by atoms with E-state index in [0.29, 0.717) is 6.42 Å². The van der Waals surface area contributed by atoms with E-state index in [0.717, 1.165) is 22.5 Å². The van der Waals surface area contributed by atoms with Gasteiger partial charge in [0.2, 0.25) is 0 Å². The number of ether oxygens (including phenoxy) is 1. The molecule has 10 heteroatoms. The molecule has 0 bridgehead atoms. The molecule has 0 radical (unpaired) electrons. The van der Waals surface area contributed by atoms with Crippen LogP contribution >= 0.6 is 11.6 Å². The summed E-state index contributed by atoms with van der Waals surface area (Å²) < 4.78 is 7.25. The number of anilines is 1. The first-order chi connectivity index (χ1) is 16.2. The Morgan fingerprint density at radius 2 is 1.88 bits per heavy atom.